The number of benzene rings is 1. The van der Waals surface area contributed by atoms with Gasteiger partial charge in [0.25, 0.3) is 0 Å². The SMILES string of the molecule is O=C(O)CN(CC(F)(F)F)c1ccnc2ccccc12. The molecule has 0 unspecified atom stereocenters. The lowest BCUT2D eigenvalue weighted by Crippen LogP contribution is -2.38. The fourth-order valence-electron chi connectivity index (χ4n) is 1.96. The van der Waals surface area contributed by atoms with Gasteiger partial charge in [0.1, 0.15) is 13.1 Å². The Morgan fingerprint density at radius 3 is 2.60 bits per heavy atom. The van der Waals surface area contributed by atoms with Gasteiger partial charge in [-0.2, -0.15) is 13.2 Å². The van der Waals surface area contributed by atoms with Gasteiger partial charge in [-0.3, -0.25) is 9.78 Å². The lowest BCUT2D eigenvalue weighted by molar-refractivity contribution is -0.136. The normalized spacial score (nSPS) is 11.6. The maximum absolute atomic E-state index is 12.6. The van der Waals surface area contributed by atoms with Gasteiger partial charge in [0.05, 0.1) is 5.52 Å². The number of carboxylic acid groups (broad SMARTS) is 1. The second kappa shape index (κ2) is 5.36. The van der Waals surface area contributed by atoms with Gasteiger partial charge in [-0.25, -0.2) is 0 Å². The fourth-order valence-corrected chi connectivity index (χ4v) is 1.96. The van der Waals surface area contributed by atoms with E-state index >= 15 is 0 Å². The molecule has 0 aliphatic carbocycles. The number of para-hydroxylation sites is 1. The van der Waals surface area contributed by atoms with Gasteiger partial charge < -0.3 is 10.0 Å². The van der Waals surface area contributed by atoms with Crippen molar-refractivity contribution in [1.29, 1.82) is 0 Å². The smallest absolute Gasteiger partial charge is 0.405 e. The molecular weight excluding hydrogens is 273 g/mol. The highest BCUT2D eigenvalue weighted by Crippen LogP contribution is 2.28. The lowest BCUT2D eigenvalue weighted by atomic mass is 10.1. The van der Waals surface area contributed by atoms with Gasteiger partial charge in [-0.1, -0.05) is 18.2 Å². The van der Waals surface area contributed by atoms with Gasteiger partial charge in [0, 0.05) is 17.3 Å². The summed E-state index contributed by atoms with van der Waals surface area (Å²) >= 11 is 0. The van der Waals surface area contributed by atoms with E-state index in [1.807, 2.05) is 0 Å². The Hall–Kier alpha value is -2.31. The number of aromatic nitrogens is 1. The van der Waals surface area contributed by atoms with E-state index in [-0.39, 0.29) is 5.69 Å². The van der Waals surface area contributed by atoms with Crippen LogP contribution in [0.4, 0.5) is 18.9 Å². The number of hydrogen-bond acceptors (Lipinski definition) is 3. The predicted molar refractivity (Wildman–Crippen MR) is 67.6 cm³/mol. The molecule has 0 saturated carbocycles. The molecule has 0 aliphatic heterocycles. The minimum absolute atomic E-state index is 0.204. The second-order valence-electron chi connectivity index (χ2n) is 4.21. The summed E-state index contributed by atoms with van der Waals surface area (Å²) in [5.74, 6) is -1.32. The van der Waals surface area contributed by atoms with Gasteiger partial charge in [0.2, 0.25) is 0 Å². The van der Waals surface area contributed by atoms with E-state index in [4.69, 9.17) is 5.11 Å². The molecular formula is C13H11F3N2O2. The van der Waals surface area contributed by atoms with Crippen LogP contribution >= 0.6 is 0 Å². The van der Waals surface area contributed by atoms with Crippen molar-refractivity contribution in [2.45, 2.75) is 6.18 Å². The van der Waals surface area contributed by atoms with Crippen LogP contribution in [0.5, 0.6) is 0 Å². The molecule has 106 valence electrons. The number of nitrogens with zero attached hydrogens (tertiary/aromatic N) is 2. The Morgan fingerprint density at radius 1 is 1.25 bits per heavy atom. The summed E-state index contributed by atoms with van der Waals surface area (Å²) in [6, 6.07) is 8.04. The van der Waals surface area contributed by atoms with Crippen LogP contribution in [0.2, 0.25) is 0 Å². The molecule has 0 atom stereocenters. The molecule has 0 amide bonds. The summed E-state index contributed by atoms with van der Waals surface area (Å²) in [5, 5.41) is 9.28. The first-order valence-electron chi connectivity index (χ1n) is 5.74. The van der Waals surface area contributed by atoms with Gasteiger partial charge in [-0.05, 0) is 12.1 Å². The number of halogens is 3. The lowest BCUT2D eigenvalue weighted by Gasteiger charge is -2.25. The molecule has 0 radical (unpaired) electrons. The van der Waals surface area contributed by atoms with Crippen LogP contribution in [-0.4, -0.2) is 35.3 Å². The van der Waals surface area contributed by atoms with Crippen molar-refractivity contribution in [1.82, 2.24) is 4.98 Å². The first kappa shape index (κ1) is 14.1. The maximum atomic E-state index is 12.6. The zero-order valence-corrected chi connectivity index (χ0v) is 10.3. The third kappa shape index (κ3) is 3.37. The van der Waals surface area contributed by atoms with E-state index in [0.717, 1.165) is 4.90 Å². The first-order chi connectivity index (χ1) is 9.37. The highest BCUT2D eigenvalue weighted by Gasteiger charge is 2.32. The third-order valence-electron chi connectivity index (χ3n) is 2.66. The molecule has 1 heterocycles. The minimum Gasteiger partial charge on any atom is -0.480 e. The van der Waals surface area contributed by atoms with E-state index in [1.54, 1.807) is 24.3 Å². The van der Waals surface area contributed by atoms with Crippen LogP contribution < -0.4 is 4.90 Å². The molecule has 0 spiro atoms. The van der Waals surface area contributed by atoms with Crippen LogP contribution in [0.15, 0.2) is 36.5 Å². The molecule has 1 aromatic heterocycles. The van der Waals surface area contributed by atoms with Crippen molar-refractivity contribution in [2.75, 3.05) is 18.0 Å². The zero-order valence-electron chi connectivity index (χ0n) is 10.3. The standard InChI is InChI=1S/C13H11F3N2O2/c14-13(15,16)8-18(7-12(19)20)11-5-6-17-10-4-2-1-3-9(10)11/h1-6H,7-8H2,(H,19,20). The predicted octanol–water partition coefficient (Wildman–Crippen LogP) is 2.69. The minimum atomic E-state index is -4.49. The van der Waals surface area contributed by atoms with Crippen LogP contribution in [0.3, 0.4) is 0 Å². The van der Waals surface area contributed by atoms with Crippen LogP contribution in [0.25, 0.3) is 10.9 Å². The van der Waals surface area contributed by atoms with E-state index in [1.165, 1.54) is 12.3 Å². The van der Waals surface area contributed by atoms with Crippen molar-refractivity contribution in [3.8, 4) is 0 Å². The molecule has 7 heteroatoms. The summed E-state index contributed by atoms with van der Waals surface area (Å²) in [4.78, 5) is 15.6. The molecule has 2 rings (SSSR count). The Labute approximate surface area is 112 Å². The quantitative estimate of drug-likeness (QED) is 0.938. The number of aliphatic carboxylic acids is 1. The number of carbonyl (C=O) groups is 1. The Morgan fingerprint density at radius 2 is 1.95 bits per heavy atom. The first-order valence-corrected chi connectivity index (χ1v) is 5.74. The number of anilines is 1. The number of fused-ring (bicyclic) bond motifs is 1. The van der Waals surface area contributed by atoms with Gasteiger partial charge in [-0.15, -0.1) is 0 Å². The third-order valence-corrected chi connectivity index (χ3v) is 2.66. The summed E-state index contributed by atoms with van der Waals surface area (Å²) < 4.78 is 37.8. The topological polar surface area (TPSA) is 53.4 Å². The zero-order chi connectivity index (χ0) is 14.8. The van der Waals surface area contributed by atoms with Crippen molar-refractivity contribution in [3.63, 3.8) is 0 Å². The van der Waals surface area contributed by atoms with E-state index in [0.29, 0.717) is 10.9 Å². The van der Waals surface area contributed by atoms with Crippen molar-refractivity contribution in [2.24, 2.45) is 0 Å². The number of pyridine rings is 1. The number of alkyl halides is 3. The van der Waals surface area contributed by atoms with Gasteiger partial charge >= 0.3 is 12.1 Å². The van der Waals surface area contributed by atoms with Crippen molar-refractivity contribution in [3.05, 3.63) is 36.5 Å². The molecule has 0 aliphatic rings. The summed E-state index contributed by atoms with van der Waals surface area (Å²) in [6.07, 6.45) is -3.12. The molecule has 20 heavy (non-hydrogen) atoms. The van der Waals surface area contributed by atoms with Crippen LogP contribution in [-0.2, 0) is 4.79 Å². The van der Waals surface area contributed by atoms with Gasteiger partial charge in [0.15, 0.2) is 0 Å². The summed E-state index contributed by atoms with van der Waals surface area (Å²) in [7, 11) is 0. The monoisotopic (exact) mass is 284 g/mol. The average molecular weight is 284 g/mol. The number of carboxylic acids is 1. The molecule has 2 aromatic rings. The fraction of sp³-hybridized carbons (Fsp3) is 0.231. The second-order valence-corrected chi connectivity index (χ2v) is 4.21. The molecule has 0 fully saturated rings. The van der Waals surface area contributed by atoms with Crippen LogP contribution in [0.1, 0.15) is 0 Å². The molecule has 1 aromatic carbocycles. The van der Waals surface area contributed by atoms with E-state index in [2.05, 4.69) is 4.98 Å². The molecule has 1 N–H and O–H groups in total. The Kier molecular flexibility index (Phi) is 3.78. The molecule has 0 bridgehead atoms. The van der Waals surface area contributed by atoms with E-state index in [9.17, 15) is 18.0 Å². The largest absolute Gasteiger partial charge is 0.480 e. The molecule has 4 nitrogen and oxygen atoms in total. The Balaban J connectivity index is 2.47. The van der Waals surface area contributed by atoms with Crippen molar-refractivity contribution < 1.29 is 23.1 Å². The number of rotatable bonds is 4. The highest BCUT2D eigenvalue weighted by molar-refractivity contribution is 5.92. The summed E-state index contributed by atoms with van der Waals surface area (Å²) in [6.45, 7) is -2.05. The summed E-state index contributed by atoms with van der Waals surface area (Å²) in [5.41, 5.74) is 0.720. The highest BCUT2D eigenvalue weighted by atomic mass is 19.4. The molecule has 0 saturated heterocycles. The number of hydrogen-bond donors (Lipinski definition) is 1. The average Bonchev–Trinajstić information content (AvgIpc) is 2.35. The Bertz CT molecular complexity index is 623. The van der Waals surface area contributed by atoms with Crippen molar-refractivity contribution >= 4 is 22.6 Å². The van der Waals surface area contributed by atoms with Crippen LogP contribution in [0, 0.1) is 0 Å². The maximum Gasteiger partial charge on any atom is 0.405 e. The van der Waals surface area contributed by atoms with E-state index < -0.39 is 25.2 Å².